The van der Waals surface area contributed by atoms with Crippen LogP contribution in [0.1, 0.15) is 32.1 Å². The van der Waals surface area contributed by atoms with Crippen molar-refractivity contribution in [2.24, 2.45) is 4.99 Å². The standard InChI is InChI=1S/C20H30N4O3.HI/c1-5-26-12-8-11-21-20(22-14-19(25)24(3)4)23-15(2)18-13-16-9-6-7-10-17(16)27-18;/h6-7,9-10,13,15H,5,8,11-12,14H2,1-4H3,(H2,21,22,23);1H. The van der Waals surface area contributed by atoms with Crippen molar-refractivity contribution < 1.29 is 13.9 Å². The molecule has 28 heavy (non-hydrogen) atoms. The number of carbonyl (C=O) groups excluding carboxylic acids is 1. The Morgan fingerprint density at radius 3 is 2.75 bits per heavy atom. The summed E-state index contributed by atoms with van der Waals surface area (Å²) in [5, 5.41) is 7.63. The highest BCUT2D eigenvalue weighted by Gasteiger charge is 2.13. The minimum absolute atomic E-state index is 0. The van der Waals surface area contributed by atoms with Crippen molar-refractivity contribution in [3.8, 4) is 0 Å². The summed E-state index contributed by atoms with van der Waals surface area (Å²) >= 11 is 0. The number of nitrogens with zero attached hydrogens (tertiary/aromatic N) is 2. The minimum atomic E-state index is -0.0926. The van der Waals surface area contributed by atoms with Crippen molar-refractivity contribution in [3.63, 3.8) is 0 Å². The fourth-order valence-corrected chi connectivity index (χ4v) is 2.46. The van der Waals surface area contributed by atoms with Gasteiger partial charge in [-0.1, -0.05) is 18.2 Å². The van der Waals surface area contributed by atoms with Crippen LogP contribution in [0.15, 0.2) is 39.7 Å². The zero-order valence-corrected chi connectivity index (χ0v) is 19.4. The lowest BCUT2D eigenvalue weighted by molar-refractivity contribution is -0.127. The third-order valence-electron chi connectivity index (χ3n) is 4.06. The van der Waals surface area contributed by atoms with Gasteiger partial charge in [-0.3, -0.25) is 4.79 Å². The zero-order chi connectivity index (χ0) is 19.6. The van der Waals surface area contributed by atoms with E-state index in [0.717, 1.165) is 23.2 Å². The van der Waals surface area contributed by atoms with Gasteiger partial charge in [0.25, 0.3) is 0 Å². The van der Waals surface area contributed by atoms with Gasteiger partial charge in [0, 0.05) is 39.2 Å². The molecule has 0 saturated heterocycles. The molecule has 0 bridgehead atoms. The van der Waals surface area contributed by atoms with E-state index in [9.17, 15) is 4.79 Å². The number of rotatable bonds is 9. The van der Waals surface area contributed by atoms with Crippen LogP contribution in [0.2, 0.25) is 0 Å². The van der Waals surface area contributed by atoms with Crippen LogP contribution in [-0.2, 0) is 9.53 Å². The van der Waals surface area contributed by atoms with E-state index in [4.69, 9.17) is 9.15 Å². The highest BCUT2D eigenvalue weighted by atomic mass is 127. The van der Waals surface area contributed by atoms with Crippen LogP contribution in [0.4, 0.5) is 0 Å². The molecule has 1 amide bonds. The van der Waals surface area contributed by atoms with Gasteiger partial charge >= 0.3 is 0 Å². The average Bonchev–Trinajstić information content (AvgIpc) is 3.09. The molecule has 1 aromatic carbocycles. The summed E-state index contributed by atoms with van der Waals surface area (Å²) in [5.41, 5.74) is 0.854. The Hall–Kier alpha value is -1.81. The molecule has 1 aromatic heterocycles. The van der Waals surface area contributed by atoms with Crippen molar-refractivity contribution in [2.45, 2.75) is 26.3 Å². The SMILES string of the molecule is CCOCCCNC(=NCC(=O)N(C)C)NC(C)c1cc2ccccc2o1.I. The second kappa shape index (κ2) is 12.6. The topological polar surface area (TPSA) is 79.1 Å². The third kappa shape index (κ3) is 7.67. The number of halogens is 1. The predicted octanol–water partition coefficient (Wildman–Crippen LogP) is 3.16. The first-order valence-electron chi connectivity index (χ1n) is 9.32. The van der Waals surface area contributed by atoms with E-state index in [1.807, 2.05) is 44.2 Å². The Labute approximate surface area is 183 Å². The van der Waals surface area contributed by atoms with Gasteiger partial charge in [0.15, 0.2) is 5.96 Å². The molecule has 1 atom stereocenters. The Morgan fingerprint density at radius 2 is 2.07 bits per heavy atom. The van der Waals surface area contributed by atoms with Crippen LogP contribution < -0.4 is 10.6 Å². The maximum atomic E-state index is 11.9. The fourth-order valence-electron chi connectivity index (χ4n) is 2.46. The van der Waals surface area contributed by atoms with E-state index in [1.54, 1.807) is 14.1 Å². The molecule has 0 aliphatic carbocycles. The van der Waals surface area contributed by atoms with E-state index >= 15 is 0 Å². The predicted molar refractivity (Wildman–Crippen MR) is 123 cm³/mol. The normalized spacial score (nSPS) is 12.4. The first-order valence-corrected chi connectivity index (χ1v) is 9.32. The maximum absolute atomic E-state index is 11.9. The molecule has 0 aliphatic rings. The number of fused-ring (bicyclic) bond motifs is 1. The Bertz CT molecular complexity index is 728. The summed E-state index contributed by atoms with van der Waals surface area (Å²) in [6.45, 7) is 6.16. The molecular formula is C20H31IN4O3. The number of hydrogen-bond acceptors (Lipinski definition) is 4. The lowest BCUT2D eigenvalue weighted by Gasteiger charge is -2.17. The number of hydrogen-bond donors (Lipinski definition) is 2. The molecule has 0 spiro atoms. The van der Waals surface area contributed by atoms with E-state index < -0.39 is 0 Å². The molecule has 1 heterocycles. The summed E-state index contributed by atoms with van der Waals surface area (Å²) in [6, 6.07) is 9.83. The molecular weight excluding hydrogens is 471 g/mol. The van der Waals surface area contributed by atoms with Gasteiger partial charge in [0.05, 0.1) is 6.04 Å². The van der Waals surface area contributed by atoms with Crippen molar-refractivity contribution in [2.75, 3.05) is 40.4 Å². The Balaban J connectivity index is 0.00000392. The highest BCUT2D eigenvalue weighted by molar-refractivity contribution is 14.0. The smallest absolute Gasteiger partial charge is 0.243 e. The van der Waals surface area contributed by atoms with Gasteiger partial charge in [-0.05, 0) is 32.4 Å². The second-order valence-electron chi connectivity index (χ2n) is 6.48. The highest BCUT2D eigenvalue weighted by Crippen LogP contribution is 2.23. The zero-order valence-electron chi connectivity index (χ0n) is 17.0. The summed E-state index contributed by atoms with van der Waals surface area (Å²) in [4.78, 5) is 17.8. The van der Waals surface area contributed by atoms with Gasteiger partial charge in [-0.15, -0.1) is 24.0 Å². The number of carbonyl (C=O) groups is 1. The molecule has 7 nitrogen and oxygen atoms in total. The number of para-hydroxylation sites is 1. The molecule has 2 rings (SSSR count). The van der Waals surface area contributed by atoms with Crippen molar-refractivity contribution >= 4 is 46.8 Å². The lowest BCUT2D eigenvalue weighted by atomic mass is 10.2. The second-order valence-corrected chi connectivity index (χ2v) is 6.48. The molecule has 1 unspecified atom stereocenters. The molecule has 2 aromatic rings. The molecule has 0 aliphatic heterocycles. The Kier molecular flexibility index (Phi) is 10.9. The van der Waals surface area contributed by atoms with Crippen LogP contribution in [-0.4, -0.2) is 57.2 Å². The van der Waals surface area contributed by atoms with Gasteiger partial charge in [0.2, 0.25) is 5.91 Å². The van der Waals surface area contributed by atoms with E-state index in [1.165, 1.54) is 4.90 Å². The van der Waals surface area contributed by atoms with Gasteiger partial charge < -0.3 is 24.7 Å². The van der Waals surface area contributed by atoms with E-state index in [2.05, 4.69) is 15.6 Å². The molecule has 2 N–H and O–H groups in total. The first-order chi connectivity index (χ1) is 13.0. The number of guanidine groups is 1. The number of benzene rings is 1. The van der Waals surface area contributed by atoms with Gasteiger partial charge in [0.1, 0.15) is 17.9 Å². The van der Waals surface area contributed by atoms with Crippen molar-refractivity contribution in [1.82, 2.24) is 15.5 Å². The number of ether oxygens (including phenoxy) is 1. The van der Waals surface area contributed by atoms with Crippen LogP contribution in [0.3, 0.4) is 0 Å². The largest absolute Gasteiger partial charge is 0.459 e. The van der Waals surface area contributed by atoms with E-state index in [-0.39, 0.29) is 42.5 Å². The average molecular weight is 502 g/mol. The van der Waals surface area contributed by atoms with Crippen LogP contribution in [0, 0.1) is 0 Å². The van der Waals surface area contributed by atoms with Gasteiger partial charge in [-0.2, -0.15) is 0 Å². The van der Waals surface area contributed by atoms with E-state index in [0.29, 0.717) is 25.7 Å². The molecule has 0 radical (unpaired) electrons. The first kappa shape index (κ1) is 24.2. The van der Waals surface area contributed by atoms with Crippen molar-refractivity contribution in [3.05, 3.63) is 36.1 Å². The number of nitrogens with one attached hydrogen (secondary N) is 2. The fraction of sp³-hybridized carbons (Fsp3) is 0.500. The van der Waals surface area contributed by atoms with Gasteiger partial charge in [-0.25, -0.2) is 4.99 Å². The minimum Gasteiger partial charge on any atom is -0.459 e. The summed E-state index contributed by atoms with van der Waals surface area (Å²) in [6.07, 6.45) is 0.856. The number of likely N-dealkylation sites (N-methyl/N-ethyl adjacent to an activating group) is 1. The quantitative estimate of drug-likeness (QED) is 0.239. The molecule has 8 heteroatoms. The third-order valence-corrected chi connectivity index (χ3v) is 4.06. The lowest BCUT2D eigenvalue weighted by Crippen LogP contribution is -2.40. The monoisotopic (exact) mass is 502 g/mol. The van der Waals surface area contributed by atoms with Crippen LogP contribution in [0.25, 0.3) is 11.0 Å². The number of amides is 1. The summed E-state index contributed by atoms with van der Waals surface area (Å²) < 4.78 is 11.3. The molecule has 0 fully saturated rings. The van der Waals surface area contributed by atoms with Crippen molar-refractivity contribution in [1.29, 1.82) is 0 Å². The molecule has 156 valence electrons. The summed E-state index contributed by atoms with van der Waals surface area (Å²) in [5.74, 6) is 1.34. The Morgan fingerprint density at radius 1 is 1.32 bits per heavy atom. The van der Waals surface area contributed by atoms with Crippen LogP contribution in [0.5, 0.6) is 0 Å². The molecule has 0 saturated carbocycles. The maximum Gasteiger partial charge on any atom is 0.243 e. The van der Waals surface area contributed by atoms with Crippen LogP contribution >= 0.6 is 24.0 Å². The number of furan rings is 1. The number of aliphatic imine (C=N–C) groups is 1. The summed E-state index contributed by atoms with van der Waals surface area (Å²) in [7, 11) is 3.44.